The third-order valence-corrected chi connectivity index (χ3v) is 1.82. The maximum absolute atomic E-state index is 11.2. The summed E-state index contributed by atoms with van der Waals surface area (Å²) in [5.74, 6) is 0.659. The standard InChI is InChI=1S/C9H14ClN3O/c1-9(2,3)11-7-5-6(14)8(10)12-13(7)4/h5,11H,1-4H3. The monoisotopic (exact) mass is 215 g/mol. The minimum atomic E-state index is -0.267. The van der Waals surface area contributed by atoms with E-state index in [0.29, 0.717) is 5.82 Å². The molecule has 14 heavy (non-hydrogen) atoms. The first-order valence-electron chi connectivity index (χ1n) is 4.31. The molecule has 0 unspecified atom stereocenters. The van der Waals surface area contributed by atoms with Gasteiger partial charge in [0, 0.05) is 18.7 Å². The van der Waals surface area contributed by atoms with Crippen molar-refractivity contribution in [2.24, 2.45) is 7.05 Å². The van der Waals surface area contributed by atoms with E-state index in [9.17, 15) is 4.79 Å². The summed E-state index contributed by atoms with van der Waals surface area (Å²) in [6.45, 7) is 6.02. The van der Waals surface area contributed by atoms with Crippen molar-refractivity contribution in [3.63, 3.8) is 0 Å². The highest BCUT2D eigenvalue weighted by atomic mass is 35.5. The Hall–Kier alpha value is -1.03. The second-order valence-corrected chi connectivity index (χ2v) is 4.54. The Kier molecular flexibility index (Phi) is 2.85. The second kappa shape index (κ2) is 3.61. The van der Waals surface area contributed by atoms with Gasteiger partial charge in [-0.05, 0) is 20.8 Å². The van der Waals surface area contributed by atoms with Crippen LogP contribution in [-0.4, -0.2) is 15.3 Å². The fourth-order valence-electron chi connectivity index (χ4n) is 1.01. The minimum absolute atomic E-state index is 0.00745. The second-order valence-electron chi connectivity index (χ2n) is 4.18. The van der Waals surface area contributed by atoms with Crippen molar-refractivity contribution in [2.45, 2.75) is 26.3 Å². The van der Waals surface area contributed by atoms with Crippen LogP contribution in [0.1, 0.15) is 20.8 Å². The van der Waals surface area contributed by atoms with E-state index in [2.05, 4.69) is 10.4 Å². The van der Waals surface area contributed by atoms with E-state index in [-0.39, 0.29) is 16.1 Å². The largest absolute Gasteiger partial charge is 0.366 e. The van der Waals surface area contributed by atoms with Crippen molar-refractivity contribution in [3.8, 4) is 0 Å². The molecule has 0 saturated heterocycles. The summed E-state index contributed by atoms with van der Waals surface area (Å²) in [5.41, 5.74) is -0.379. The summed E-state index contributed by atoms with van der Waals surface area (Å²) in [7, 11) is 1.74. The molecule has 0 amide bonds. The molecule has 0 bridgehead atoms. The average molecular weight is 216 g/mol. The van der Waals surface area contributed by atoms with Crippen LogP contribution in [-0.2, 0) is 7.05 Å². The van der Waals surface area contributed by atoms with Gasteiger partial charge in [-0.15, -0.1) is 0 Å². The summed E-state index contributed by atoms with van der Waals surface area (Å²) in [6, 6.07) is 1.45. The van der Waals surface area contributed by atoms with Crippen molar-refractivity contribution in [3.05, 3.63) is 21.4 Å². The van der Waals surface area contributed by atoms with Crippen LogP contribution in [0.5, 0.6) is 0 Å². The van der Waals surface area contributed by atoms with Crippen molar-refractivity contribution < 1.29 is 0 Å². The van der Waals surface area contributed by atoms with Gasteiger partial charge in [-0.2, -0.15) is 5.10 Å². The average Bonchev–Trinajstić information content (AvgIpc) is 1.97. The highest BCUT2D eigenvalue weighted by Gasteiger charge is 2.12. The van der Waals surface area contributed by atoms with E-state index in [1.807, 2.05) is 20.8 Å². The Morgan fingerprint density at radius 1 is 1.50 bits per heavy atom. The van der Waals surface area contributed by atoms with E-state index in [1.165, 1.54) is 6.07 Å². The van der Waals surface area contributed by atoms with Gasteiger partial charge < -0.3 is 5.32 Å². The smallest absolute Gasteiger partial charge is 0.221 e. The zero-order valence-electron chi connectivity index (χ0n) is 8.76. The van der Waals surface area contributed by atoms with Crippen LogP contribution in [0, 0.1) is 0 Å². The van der Waals surface area contributed by atoms with Gasteiger partial charge in [0.05, 0.1) is 0 Å². The van der Waals surface area contributed by atoms with Crippen LogP contribution in [0.15, 0.2) is 10.9 Å². The third-order valence-electron chi connectivity index (χ3n) is 1.56. The molecule has 0 aliphatic rings. The van der Waals surface area contributed by atoms with Gasteiger partial charge in [-0.1, -0.05) is 11.6 Å². The van der Waals surface area contributed by atoms with Gasteiger partial charge in [0.15, 0.2) is 5.15 Å². The van der Waals surface area contributed by atoms with Crippen LogP contribution in [0.3, 0.4) is 0 Å². The molecule has 0 fully saturated rings. The number of aromatic nitrogens is 2. The molecule has 0 aliphatic heterocycles. The van der Waals surface area contributed by atoms with Crippen molar-refractivity contribution in [2.75, 3.05) is 5.32 Å². The van der Waals surface area contributed by atoms with Crippen LogP contribution >= 0.6 is 11.6 Å². The van der Waals surface area contributed by atoms with Gasteiger partial charge >= 0.3 is 0 Å². The van der Waals surface area contributed by atoms with E-state index < -0.39 is 0 Å². The molecule has 5 heteroatoms. The quantitative estimate of drug-likeness (QED) is 0.775. The molecular formula is C9H14ClN3O. The number of aryl methyl sites for hydroxylation is 1. The van der Waals surface area contributed by atoms with Gasteiger partial charge in [0.25, 0.3) is 0 Å². The van der Waals surface area contributed by atoms with Gasteiger partial charge in [-0.3, -0.25) is 9.48 Å². The summed E-state index contributed by atoms with van der Waals surface area (Å²) >= 11 is 5.58. The molecule has 0 aliphatic carbocycles. The fourth-order valence-corrected chi connectivity index (χ4v) is 1.18. The third kappa shape index (κ3) is 2.73. The maximum Gasteiger partial charge on any atom is 0.221 e. The summed E-state index contributed by atoms with van der Waals surface area (Å²) in [6.07, 6.45) is 0. The molecule has 0 aromatic carbocycles. The topological polar surface area (TPSA) is 46.9 Å². The number of halogens is 1. The maximum atomic E-state index is 11.2. The van der Waals surface area contributed by atoms with E-state index in [1.54, 1.807) is 11.7 Å². The van der Waals surface area contributed by atoms with Crippen LogP contribution < -0.4 is 10.7 Å². The lowest BCUT2D eigenvalue weighted by atomic mass is 10.1. The normalized spacial score (nSPS) is 11.5. The first kappa shape index (κ1) is 11.0. The van der Waals surface area contributed by atoms with Crippen LogP contribution in [0.25, 0.3) is 0 Å². The highest BCUT2D eigenvalue weighted by Crippen LogP contribution is 2.11. The Morgan fingerprint density at radius 2 is 2.07 bits per heavy atom. The molecule has 0 saturated carbocycles. The number of rotatable bonds is 1. The molecular weight excluding hydrogens is 202 g/mol. The predicted octanol–water partition coefficient (Wildman–Crippen LogP) is 1.64. The summed E-state index contributed by atoms with van der Waals surface area (Å²) in [4.78, 5) is 11.2. The Morgan fingerprint density at radius 3 is 2.57 bits per heavy atom. The first-order chi connectivity index (χ1) is 6.29. The molecule has 0 radical (unpaired) electrons. The fraction of sp³-hybridized carbons (Fsp3) is 0.556. The molecule has 0 atom stereocenters. The summed E-state index contributed by atoms with van der Waals surface area (Å²) < 4.78 is 1.55. The zero-order chi connectivity index (χ0) is 10.9. The number of nitrogens with one attached hydrogen (secondary N) is 1. The molecule has 78 valence electrons. The molecule has 4 nitrogen and oxygen atoms in total. The van der Waals surface area contributed by atoms with Gasteiger partial charge in [-0.25, -0.2) is 0 Å². The minimum Gasteiger partial charge on any atom is -0.366 e. The SMILES string of the molecule is Cn1nc(Cl)c(=O)cc1NC(C)(C)C. The number of hydrogen-bond donors (Lipinski definition) is 1. The van der Waals surface area contributed by atoms with E-state index in [0.717, 1.165) is 0 Å². The Bertz CT molecular complexity index is 392. The Labute approximate surface area is 87.9 Å². The zero-order valence-corrected chi connectivity index (χ0v) is 9.51. The van der Waals surface area contributed by atoms with E-state index in [4.69, 9.17) is 11.6 Å². The molecule has 1 aromatic rings. The molecule has 1 N–H and O–H groups in total. The summed E-state index contributed by atoms with van der Waals surface area (Å²) in [5, 5.41) is 7.02. The van der Waals surface area contributed by atoms with Crippen molar-refractivity contribution in [1.82, 2.24) is 9.78 Å². The lowest BCUT2D eigenvalue weighted by Gasteiger charge is -2.23. The molecule has 1 aromatic heterocycles. The first-order valence-corrected chi connectivity index (χ1v) is 4.69. The van der Waals surface area contributed by atoms with Gasteiger partial charge in [0.2, 0.25) is 5.43 Å². The number of hydrogen-bond acceptors (Lipinski definition) is 3. The molecule has 0 spiro atoms. The highest BCUT2D eigenvalue weighted by molar-refractivity contribution is 6.29. The van der Waals surface area contributed by atoms with Crippen molar-refractivity contribution >= 4 is 17.4 Å². The Balaban J connectivity index is 3.11. The van der Waals surface area contributed by atoms with Crippen LogP contribution in [0.2, 0.25) is 5.15 Å². The van der Waals surface area contributed by atoms with Crippen LogP contribution in [0.4, 0.5) is 5.82 Å². The predicted molar refractivity (Wildman–Crippen MR) is 57.9 cm³/mol. The molecule has 1 heterocycles. The van der Waals surface area contributed by atoms with E-state index >= 15 is 0 Å². The van der Waals surface area contributed by atoms with Crippen molar-refractivity contribution in [1.29, 1.82) is 0 Å². The number of nitrogens with zero attached hydrogens (tertiary/aromatic N) is 2. The lowest BCUT2D eigenvalue weighted by Crippen LogP contribution is -2.29. The lowest BCUT2D eigenvalue weighted by molar-refractivity contribution is 0.610. The number of anilines is 1. The van der Waals surface area contributed by atoms with Gasteiger partial charge in [0.1, 0.15) is 5.82 Å². The molecule has 1 rings (SSSR count).